The van der Waals surface area contributed by atoms with Crippen LogP contribution in [0.1, 0.15) is 24.4 Å². The van der Waals surface area contributed by atoms with Gasteiger partial charge in [0.15, 0.2) is 11.6 Å². The van der Waals surface area contributed by atoms with E-state index in [0.717, 1.165) is 30.2 Å². The molecule has 3 aromatic rings. The van der Waals surface area contributed by atoms with Crippen LogP contribution in [-0.2, 0) is 24.4 Å². The summed E-state index contributed by atoms with van der Waals surface area (Å²) in [5.74, 6) is 1.26. The molecule has 9 heteroatoms. The molecule has 1 aliphatic rings. The van der Waals surface area contributed by atoms with Crippen LogP contribution >= 0.6 is 0 Å². The molecule has 1 saturated heterocycles. The van der Waals surface area contributed by atoms with Crippen molar-refractivity contribution in [1.82, 2.24) is 35.2 Å². The van der Waals surface area contributed by atoms with Gasteiger partial charge in [-0.1, -0.05) is 35.5 Å². The average Bonchev–Trinajstić information content (AvgIpc) is 3.46. The van der Waals surface area contributed by atoms with Crippen molar-refractivity contribution < 1.29 is 9.32 Å². The highest BCUT2D eigenvalue weighted by Crippen LogP contribution is 2.19. The molecule has 1 aliphatic heterocycles. The second-order valence-corrected chi connectivity index (χ2v) is 7.03. The van der Waals surface area contributed by atoms with E-state index in [0.29, 0.717) is 18.8 Å². The summed E-state index contributed by atoms with van der Waals surface area (Å²) in [7, 11) is 1.73. The van der Waals surface area contributed by atoms with Gasteiger partial charge in [0.05, 0.1) is 13.1 Å². The molecule has 1 aromatic carbocycles. The van der Waals surface area contributed by atoms with Crippen molar-refractivity contribution >= 4 is 5.91 Å². The van der Waals surface area contributed by atoms with Crippen molar-refractivity contribution in [3.63, 3.8) is 0 Å². The number of nitrogens with zero attached hydrogens (tertiary/aromatic N) is 7. The number of benzene rings is 1. The number of likely N-dealkylation sites (N-methyl/N-ethyl adjacent to an activating group) is 1. The van der Waals surface area contributed by atoms with E-state index in [-0.39, 0.29) is 12.5 Å². The lowest BCUT2D eigenvalue weighted by Crippen LogP contribution is -2.31. The second-order valence-electron chi connectivity index (χ2n) is 7.03. The standard InChI is InChI=1S/C19H23N7O2/c1-24(12-16-11-17(21-28-16)15-7-3-2-4-8-15)19(27)14-26-18(20-22-23-26)13-25-9-5-6-10-25/h2-4,7-8,11H,5-6,9-10,12-14H2,1H3. The zero-order valence-electron chi connectivity index (χ0n) is 15.9. The number of carbonyl (C=O) groups is 1. The SMILES string of the molecule is CN(Cc1cc(-c2ccccc2)no1)C(=O)Cn1nnnc1CN1CCCC1. The Balaban J connectivity index is 1.35. The highest BCUT2D eigenvalue weighted by atomic mass is 16.5. The van der Waals surface area contributed by atoms with Gasteiger partial charge in [0.2, 0.25) is 5.91 Å². The van der Waals surface area contributed by atoms with Gasteiger partial charge in [-0.05, 0) is 36.4 Å². The van der Waals surface area contributed by atoms with E-state index < -0.39 is 0 Å². The minimum atomic E-state index is -0.0902. The van der Waals surface area contributed by atoms with Crippen LogP contribution in [0.25, 0.3) is 11.3 Å². The van der Waals surface area contributed by atoms with Crippen molar-refractivity contribution in [2.75, 3.05) is 20.1 Å². The fourth-order valence-electron chi connectivity index (χ4n) is 3.30. The molecular formula is C19H23N7O2. The van der Waals surface area contributed by atoms with Gasteiger partial charge >= 0.3 is 0 Å². The molecule has 2 aromatic heterocycles. The lowest BCUT2D eigenvalue weighted by molar-refractivity contribution is -0.131. The van der Waals surface area contributed by atoms with Crippen molar-refractivity contribution in [2.45, 2.75) is 32.5 Å². The smallest absolute Gasteiger partial charge is 0.244 e. The molecule has 9 nitrogen and oxygen atoms in total. The van der Waals surface area contributed by atoms with Gasteiger partial charge in [0, 0.05) is 18.7 Å². The van der Waals surface area contributed by atoms with Gasteiger partial charge in [-0.3, -0.25) is 9.69 Å². The Morgan fingerprint density at radius 2 is 2.00 bits per heavy atom. The molecule has 1 amide bonds. The Hall–Kier alpha value is -3.07. The Labute approximate surface area is 162 Å². The molecule has 3 heterocycles. The highest BCUT2D eigenvalue weighted by Gasteiger charge is 2.19. The summed E-state index contributed by atoms with van der Waals surface area (Å²) < 4.78 is 6.97. The zero-order valence-corrected chi connectivity index (χ0v) is 15.9. The van der Waals surface area contributed by atoms with E-state index in [1.807, 2.05) is 36.4 Å². The van der Waals surface area contributed by atoms with Gasteiger partial charge in [-0.2, -0.15) is 0 Å². The van der Waals surface area contributed by atoms with E-state index in [1.165, 1.54) is 12.8 Å². The number of rotatable bonds is 7. The number of likely N-dealkylation sites (tertiary alicyclic amines) is 1. The monoisotopic (exact) mass is 381 g/mol. The first-order valence-corrected chi connectivity index (χ1v) is 9.41. The molecular weight excluding hydrogens is 358 g/mol. The van der Waals surface area contributed by atoms with E-state index in [9.17, 15) is 4.79 Å². The van der Waals surface area contributed by atoms with Crippen molar-refractivity contribution in [3.05, 3.63) is 48.0 Å². The second kappa shape index (κ2) is 8.30. The number of hydrogen-bond acceptors (Lipinski definition) is 7. The molecule has 0 saturated carbocycles. The van der Waals surface area contributed by atoms with Crippen LogP contribution in [0.3, 0.4) is 0 Å². The van der Waals surface area contributed by atoms with Gasteiger partial charge in [-0.15, -0.1) is 5.10 Å². The zero-order chi connectivity index (χ0) is 19.3. The summed E-state index contributed by atoms with van der Waals surface area (Å²) >= 11 is 0. The lowest BCUT2D eigenvalue weighted by Gasteiger charge is -2.17. The average molecular weight is 381 g/mol. The van der Waals surface area contributed by atoms with Gasteiger partial charge in [0.25, 0.3) is 0 Å². The fraction of sp³-hybridized carbons (Fsp3) is 0.421. The van der Waals surface area contributed by atoms with Gasteiger partial charge < -0.3 is 9.42 Å². The molecule has 0 unspecified atom stereocenters. The molecule has 1 fully saturated rings. The molecule has 0 radical (unpaired) electrons. The first kappa shape index (κ1) is 18.3. The maximum absolute atomic E-state index is 12.6. The fourth-order valence-corrected chi connectivity index (χ4v) is 3.30. The van der Waals surface area contributed by atoms with Crippen molar-refractivity contribution in [3.8, 4) is 11.3 Å². The summed E-state index contributed by atoms with van der Waals surface area (Å²) in [5.41, 5.74) is 1.73. The molecule has 146 valence electrons. The van der Waals surface area contributed by atoms with Crippen LogP contribution in [-0.4, -0.2) is 61.2 Å². The summed E-state index contributed by atoms with van der Waals surface area (Å²) in [6.07, 6.45) is 2.40. The van der Waals surface area contributed by atoms with E-state index >= 15 is 0 Å². The van der Waals surface area contributed by atoms with Crippen molar-refractivity contribution in [2.24, 2.45) is 0 Å². The van der Waals surface area contributed by atoms with E-state index in [1.54, 1.807) is 16.6 Å². The van der Waals surface area contributed by atoms with Crippen LogP contribution in [0.4, 0.5) is 0 Å². The van der Waals surface area contributed by atoms with E-state index in [2.05, 4.69) is 25.6 Å². The topological polar surface area (TPSA) is 93.2 Å². The van der Waals surface area contributed by atoms with Crippen LogP contribution in [0.2, 0.25) is 0 Å². The van der Waals surface area contributed by atoms with Crippen LogP contribution in [0.15, 0.2) is 40.9 Å². The minimum Gasteiger partial charge on any atom is -0.359 e. The molecule has 0 spiro atoms. The third kappa shape index (κ3) is 4.25. The normalized spacial score (nSPS) is 14.5. The number of carbonyl (C=O) groups excluding carboxylic acids is 1. The molecule has 28 heavy (non-hydrogen) atoms. The summed E-state index contributed by atoms with van der Waals surface area (Å²) in [6, 6.07) is 11.6. The predicted molar refractivity (Wildman–Crippen MR) is 101 cm³/mol. The highest BCUT2D eigenvalue weighted by molar-refractivity contribution is 5.75. The van der Waals surface area contributed by atoms with Crippen LogP contribution in [0, 0.1) is 0 Å². The third-order valence-electron chi connectivity index (χ3n) is 4.90. The van der Waals surface area contributed by atoms with Crippen molar-refractivity contribution in [1.29, 1.82) is 0 Å². The Bertz CT molecular complexity index is 915. The first-order valence-electron chi connectivity index (χ1n) is 9.41. The first-order chi connectivity index (χ1) is 13.7. The molecule has 0 N–H and O–H groups in total. The Morgan fingerprint density at radius 3 is 2.79 bits per heavy atom. The largest absolute Gasteiger partial charge is 0.359 e. The number of tetrazole rings is 1. The summed E-state index contributed by atoms with van der Waals surface area (Å²) in [6.45, 7) is 3.22. The Morgan fingerprint density at radius 1 is 1.21 bits per heavy atom. The molecule has 0 aliphatic carbocycles. The molecule has 4 rings (SSSR count). The lowest BCUT2D eigenvalue weighted by atomic mass is 10.1. The minimum absolute atomic E-state index is 0.0902. The Kier molecular flexibility index (Phi) is 5.43. The number of aromatic nitrogens is 5. The summed E-state index contributed by atoms with van der Waals surface area (Å²) in [4.78, 5) is 16.5. The van der Waals surface area contributed by atoms with Crippen LogP contribution in [0.5, 0.6) is 0 Å². The molecule has 0 bridgehead atoms. The third-order valence-corrected chi connectivity index (χ3v) is 4.90. The number of hydrogen-bond donors (Lipinski definition) is 0. The van der Waals surface area contributed by atoms with E-state index in [4.69, 9.17) is 4.52 Å². The maximum atomic E-state index is 12.6. The summed E-state index contributed by atoms with van der Waals surface area (Å²) in [5, 5.41) is 15.9. The van der Waals surface area contributed by atoms with Crippen LogP contribution < -0.4 is 0 Å². The maximum Gasteiger partial charge on any atom is 0.244 e. The van der Waals surface area contributed by atoms with Gasteiger partial charge in [0.1, 0.15) is 12.2 Å². The molecule has 0 atom stereocenters. The van der Waals surface area contributed by atoms with Gasteiger partial charge in [-0.25, -0.2) is 4.68 Å². The quantitative estimate of drug-likeness (QED) is 0.613. The number of amides is 1. The predicted octanol–water partition coefficient (Wildman–Crippen LogP) is 1.58.